The highest BCUT2D eigenvalue weighted by Crippen LogP contribution is 2.00. The molecule has 0 spiro atoms. The van der Waals surface area contributed by atoms with Crippen LogP contribution >= 0.6 is 0 Å². The normalized spacial score (nSPS) is 10.9. The number of ether oxygens (including phenoxy) is 6. The van der Waals surface area contributed by atoms with Crippen LogP contribution in [0.5, 0.6) is 0 Å². The fourth-order valence-electron chi connectivity index (χ4n) is 1.85. The Labute approximate surface area is 161 Å². The molecule has 0 saturated heterocycles. The summed E-state index contributed by atoms with van der Waals surface area (Å²) in [6, 6.07) is 0. The van der Waals surface area contributed by atoms with Gasteiger partial charge in [-0.3, -0.25) is 4.79 Å². The predicted molar refractivity (Wildman–Crippen MR) is 96.8 cm³/mol. The second-order valence-corrected chi connectivity index (χ2v) is 5.57. The summed E-state index contributed by atoms with van der Waals surface area (Å²) in [5, 5.41) is 8.36. The summed E-state index contributed by atoms with van der Waals surface area (Å²) >= 11 is 0. The number of carboxylic acids is 1. The van der Waals surface area contributed by atoms with Gasteiger partial charge in [-0.1, -0.05) is 19.8 Å². The number of hydrogen-bond donors (Lipinski definition) is 1. The molecular formula is C18H34O9. The molecule has 0 aromatic heterocycles. The van der Waals surface area contributed by atoms with E-state index in [9.17, 15) is 9.59 Å². The van der Waals surface area contributed by atoms with Crippen molar-refractivity contribution in [1.29, 1.82) is 0 Å². The van der Waals surface area contributed by atoms with Crippen LogP contribution in [0.1, 0.15) is 32.6 Å². The monoisotopic (exact) mass is 394 g/mol. The van der Waals surface area contributed by atoms with Gasteiger partial charge in [0.25, 0.3) is 0 Å². The van der Waals surface area contributed by atoms with Crippen LogP contribution in [0, 0.1) is 0 Å². The van der Waals surface area contributed by atoms with Gasteiger partial charge < -0.3 is 33.5 Å². The van der Waals surface area contributed by atoms with Crippen molar-refractivity contribution in [2.45, 2.75) is 32.6 Å². The lowest BCUT2D eigenvalue weighted by molar-refractivity contribution is -0.145. The predicted octanol–water partition coefficient (Wildman–Crippen LogP) is 1.28. The van der Waals surface area contributed by atoms with Crippen LogP contribution in [0.15, 0.2) is 0 Å². The second-order valence-electron chi connectivity index (χ2n) is 5.57. The standard InChI is InChI=1S/C18H34O9/c1-2-3-4-5-18(21)27-15-14-25-11-10-23-7-6-22-8-9-24-12-13-26-16-17(19)20/h2-16H2,1H3,(H,19,20). The summed E-state index contributed by atoms with van der Waals surface area (Å²) in [6.45, 7) is 5.63. The van der Waals surface area contributed by atoms with Gasteiger partial charge in [-0.15, -0.1) is 0 Å². The van der Waals surface area contributed by atoms with E-state index < -0.39 is 5.97 Å². The maximum atomic E-state index is 11.3. The van der Waals surface area contributed by atoms with E-state index in [0.717, 1.165) is 19.3 Å². The van der Waals surface area contributed by atoms with E-state index in [2.05, 4.69) is 6.92 Å². The minimum Gasteiger partial charge on any atom is -0.480 e. The highest BCUT2D eigenvalue weighted by Gasteiger charge is 2.01. The van der Waals surface area contributed by atoms with Gasteiger partial charge in [0.05, 0.1) is 59.5 Å². The third kappa shape index (κ3) is 22.7. The molecule has 0 fully saturated rings. The van der Waals surface area contributed by atoms with Crippen LogP contribution in [0.4, 0.5) is 0 Å². The summed E-state index contributed by atoms with van der Waals surface area (Å²) in [5.74, 6) is -1.16. The summed E-state index contributed by atoms with van der Waals surface area (Å²) in [5.41, 5.74) is 0. The van der Waals surface area contributed by atoms with E-state index in [-0.39, 0.29) is 25.8 Å². The van der Waals surface area contributed by atoms with Crippen molar-refractivity contribution < 1.29 is 43.1 Å². The number of unbranched alkanes of at least 4 members (excludes halogenated alkanes) is 2. The molecule has 0 atom stereocenters. The van der Waals surface area contributed by atoms with E-state index in [1.807, 2.05) is 0 Å². The van der Waals surface area contributed by atoms with Gasteiger partial charge in [0.15, 0.2) is 0 Å². The van der Waals surface area contributed by atoms with Crippen LogP contribution in [-0.4, -0.2) is 89.7 Å². The molecule has 0 aliphatic rings. The Morgan fingerprint density at radius 3 is 1.56 bits per heavy atom. The smallest absolute Gasteiger partial charge is 0.329 e. The lowest BCUT2D eigenvalue weighted by atomic mass is 10.2. The molecule has 27 heavy (non-hydrogen) atoms. The molecule has 0 aliphatic heterocycles. The van der Waals surface area contributed by atoms with E-state index >= 15 is 0 Å². The lowest BCUT2D eigenvalue weighted by Crippen LogP contribution is -2.15. The molecule has 0 saturated carbocycles. The number of carbonyl (C=O) groups is 2. The highest BCUT2D eigenvalue weighted by molar-refractivity contribution is 5.69. The van der Waals surface area contributed by atoms with Gasteiger partial charge in [0.2, 0.25) is 0 Å². The molecule has 0 amide bonds. The quantitative estimate of drug-likeness (QED) is 0.227. The van der Waals surface area contributed by atoms with Crippen LogP contribution in [0.25, 0.3) is 0 Å². The maximum absolute atomic E-state index is 11.3. The van der Waals surface area contributed by atoms with Crippen molar-refractivity contribution in [3.05, 3.63) is 0 Å². The lowest BCUT2D eigenvalue weighted by Gasteiger charge is -2.08. The zero-order valence-corrected chi connectivity index (χ0v) is 16.3. The minimum atomic E-state index is -0.995. The Kier molecular flexibility index (Phi) is 20.1. The van der Waals surface area contributed by atoms with E-state index in [1.165, 1.54) is 0 Å². The number of rotatable bonds is 21. The molecule has 9 nitrogen and oxygen atoms in total. The Hall–Kier alpha value is -1.26. The van der Waals surface area contributed by atoms with Gasteiger partial charge in [0, 0.05) is 6.42 Å². The van der Waals surface area contributed by atoms with Gasteiger partial charge in [-0.2, -0.15) is 0 Å². The molecule has 0 aromatic rings. The zero-order valence-electron chi connectivity index (χ0n) is 16.3. The van der Waals surface area contributed by atoms with Gasteiger partial charge in [0.1, 0.15) is 13.2 Å². The average molecular weight is 394 g/mol. The third-order valence-electron chi connectivity index (χ3n) is 3.19. The first-order valence-electron chi connectivity index (χ1n) is 9.43. The Morgan fingerprint density at radius 1 is 0.667 bits per heavy atom. The van der Waals surface area contributed by atoms with Crippen molar-refractivity contribution >= 4 is 11.9 Å². The topological polar surface area (TPSA) is 110 Å². The van der Waals surface area contributed by atoms with E-state index in [1.54, 1.807) is 0 Å². The molecule has 0 radical (unpaired) electrons. The van der Waals surface area contributed by atoms with Gasteiger partial charge >= 0.3 is 11.9 Å². The summed E-state index contributed by atoms with van der Waals surface area (Å²) in [4.78, 5) is 21.5. The molecule has 0 bridgehead atoms. The van der Waals surface area contributed by atoms with Crippen molar-refractivity contribution in [3.63, 3.8) is 0 Å². The highest BCUT2D eigenvalue weighted by atomic mass is 16.6. The van der Waals surface area contributed by atoms with Crippen molar-refractivity contribution in [2.24, 2.45) is 0 Å². The number of aliphatic carboxylic acids is 1. The summed E-state index contributed by atoms with van der Waals surface area (Å²) in [6.07, 6.45) is 3.48. The second kappa shape index (κ2) is 21.0. The number of carboxylic acid groups (broad SMARTS) is 1. The SMILES string of the molecule is CCCCCC(=O)OCCOCCOCCOCCOCCOCC(=O)O. The fraction of sp³-hybridized carbons (Fsp3) is 0.889. The van der Waals surface area contributed by atoms with Crippen LogP contribution in [0.2, 0.25) is 0 Å². The van der Waals surface area contributed by atoms with Gasteiger partial charge in [-0.05, 0) is 6.42 Å². The zero-order chi connectivity index (χ0) is 20.0. The molecule has 160 valence electrons. The molecule has 0 aromatic carbocycles. The largest absolute Gasteiger partial charge is 0.480 e. The number of esters is 1. The Balaban J connectivity index is 3.08. The minimum absolute atomic E-state index is 0.169. The van der Waals surface area contributed by atoms with Crippen molar-refractivity contribution in [2.75, 3.05) is 72.7 Å². The van der Waals surface area contributed by atoms with Gasteiger partial charge in [-0.25, -0.2) is 4.79 Å². The van der Waals surface area contributed by atoms with Crippen molar-refractivity contribution in [3.8, 4) is 0 Å². The number of hydrogen-bond acceptors (Lipinski definition) is 8. The maximum Gasteiger partial charge on any atom is 0.329 e. The van der Waals surface area contributed by atoms with Crippen LogP contribution in [-0.2, 0) is 38.0 Å². The molecule has 9 heteroatoms. The molecule has 0 aliphatic carbocycles. The molecule has 1 N–H and O–H groups in total. The van der Waals surface area contributed by atoms with Crippen molar-refractivity contribution in [1.82, 2.24) is 0 Å². The molecule has 0 heterocycles. The first-order chi connectivity index (χ1) is 13.2. The third-order valence-corrected chi connectivity index (χ3v) is 3.19. The van der Waals surface area contributed by atoms with E-state index in [4.69, 9.17) is 33.5 Å². The average Bonchev–Trinajstić information content (AvgIpc) is 2.64. The van der Waals surface area contributed by atoms with Crippen LogP contribution < -0.4 is 0 Å². The Bertz CT molecular complexity index is 350. The molecule has 0 rings (SSSR count). The number of carbonyl (C=O) groups excluding carboxylic acids is 1. The fourth-order valence-corrected chi connectivity index (χ4v) is 1.85. The summed E-state index contributed by atoms with van der Waals surface area (Å²) in [7, 11) is 0. The Morgan fingerprint density at radius 2 is 1.11 bits per heavy atom. The first kappa shape index (κ1) is 25.7. The van der Waals surface area contributed by atoms with E-state index in [0.29, 0.717) is 59.3 Å². The van der Waals surface area contributed by atoms with Crippen LogP contribution in [0.3, 0.4) is 0 Å². The first-order valence-corrected chi connectivity index (χ1v) is 9.43. The molecule has 0 unspecified atom stereocenters. The molecular weight excluding hydrogens is 360 g/mol. The summed E-state index contributed by atoms with van der Waals surface area (Å²) < 4.78 is 31.0.